The van der Waals surface area contributed by atoms with E-state index < -0.39 is 6.04 Å². The number of nitrogens with one attached hydrogen (secondary N) is 1. The molecule has 19 heavy (non-hydrogen) atoms. The van der Waals surface area contributed by atoms with Gasteiger partial charge >= 0.3 is 0 Å². The quantitative estimate of drug-likeness (QED) is 0.718. The van der Waals surface area contributed by atoms with Crippen LogP contribution >= 0.6 is 0 Å². The van der Waals surface area contributed by atoms with E-state index in [0.29, 0.717) is 6.42 Å². The van der Waals surface area contributed by atoms with Crippen molar-refractivity contribution < 1.29 is 9.90 Å². The molecule has 4 nitrogen and oxygen atoms in total. The Morgan fingerprint density at radius 3 is 2.74 bits per heavy atom. The van der Waals surface area contributed by atoms with Crippen LogP contribution in [0.5, 0.6) is 5.75 Å². The summed E-state index contributed by atoms with van der Waals surface area (Å²) in [5, 5.41) is 12.2. The highest BCUT2D eigenvalue weighted by molar-refractivity contribution is 5.82. The number of hydrogen-bond acceptors (Lipinski definition) is 3. The standard InChI is InChI=1S/C15H20N2O2/c16-14(10-11-6-8-13(18)9-7-11)15(19)17-12-4-2-1-3-5-12/h1-2,6-9,12,14,18H,3-5,10,16H2,(H,17,19). The van der Waals surface area contributed by atoms with Crippen molar-refractivity contribution in [3.63, 3.8) is 0 Å². The molecule has 0 saturated carbocycles. The lowest BCUT2D eigenvalue weighted by molar-refractivity contribution is -0.123. The van der Waals surface area contributed by atoms with Crippen LogP contribution in [0, 0.1) is 0 Å². The summed E-state index contributed by atoms with van der Waals surface area (Å²) in [6.07, 6.45) is 7.59. The molecule has 1 aliphatic carbocycles. The highest BCUT2D eigenvalue weighted by Gasteiger charge is 2.18. The van der Waals surface area contributed by atoms with Crippen LogP contribution in [0.3, 0.4) is 0 Å². The number of benzene rings is 1. The SMILES string of the molecule is NC(Cc1ccc(O)cc1)C(=O)NC1CC=CCC1. The number of aromatic hydroxyl groups is 1. The van der Waals surface area contributed by atoms with Gasteiger partial charge < -0.3 is 16.2 Å². The Hall–Kier alpha value is -1.81. The van der Waals surface area contributed by atoms with Crippen LogP contribution < -0.4 is 11.1 Å². The molecule has 2 unspecified atom stereocenters. The van der Waals surface area contributed by atoms with Gasteiger partial charge in [0.05, 0.1) is 6.04 Å². The third kappa shape index (κ3) is 4.10. The molecule has 0 aliphatic heterocycles. The number of carbonyl (C=O) groups is 1. The van der Waals surface area contributed by atoms with Crippen molar-refractivity contribution in [1.82, 2.24) is 5.32 Å². The number of hydrogen-bond donors (Lipinski definition) is 3. The fourth-order valence-corrected chi connectivity index (χ4v) is 2.21. The molecule has 1 aromatic carbocycles. The highest BCUT2D eigenvalue weighted by atomic mass is 16.3. The van der Waals surface area contributed by atoms with Gasteiger partial charge in [0.2, 0.25) is 5.91 Å². The maximum atomic E-state index is 12.0. The molecule has 0 radical (unpaired) electrons. The molecule has 4 heteroatoms. The predicted molar refractivity (Wildman–Crippen MR) is 74.7 cm³/mol. The molecule has 2 atom stereocenters. The number of rotatable bonds is 4. The van der Waals surface area contributed by atoms with Gasteiger partial charge in [-0.25, -0.2) is 0 Å². The number of phenolic OH excluding ortho intramolecular Hbond substituents is 1. The van der Waals surface area contributed by atoms with E-state index in [1.165, 1.54) is 0 Å². The predicted octanol–water partition coefficient (Wildman–Crippen LogP) is 1.49. The number of allylic oxidation sites excluding steroid dienone is 1. The van der Waals surface area contributed by atoms with Gasteiger partial charge in [-0.05, 0) is 43.4 Å². The molecule has 102 valence electrons. The van der Waals surface area contributed by atoms with Crippen molar-refractivity contribution in [2.75, 3.05) is 0 Å². The first-order valence-corrected chi connectivity index (χ1v) is 6.64. The monoisotopic (exact) mass is 260 g/mol. The fraction of sp³-hybridized carbons (Fsp3) is 0.400. The van der Waals surface area contributed by atoms with Crippen LogP contribution in [-0.4, -0.2) is 23.1 Å². The average Bonchev–Trinajstić information content (AvgIpc) is 2.42. The molecule has 0 aromatic heterocycles. The normalized spacial score (nSPS) is 19.9. The van der Waals surface area contributed by atoms with E-state index in [2.05, 4.69) is 17.5 Å². The summed E-state index contributed by atoms with van der Waals surface area (Å²) in [4.78, 5) is 12.0. The molecule has 1 aliphatic rings. The molecule has 0 heterocycles. The lowest BCUT2D eigenvalue weighted by Crippen LogP contribution is -2.46. The first kappa shape index (κ1) is 13.6. The van der Waals surface area contributed by atoms with Crippen molar-refractivity contribution in [2.24, 2.45) is 5.73 Å². The Morgan fingerprint density at radius 2 is 2.11 bits per heavy atom. The first-order chi connectivity index (χ1) is 9.15. The van der Waals surface area contributed by atoms with Crippen LogP contribution in [0.4, 0.5) is 0 Å². The van der Waals surface area contributed by atoms with Crippen molar-refractivity contribution >= 4 is 5.91 Å². The zero-order valence-electron chi connectivity index (χ0n) is 10.9. The topological polar surface area (TPSA) is 75.3 Å². The summed E-state index contributed by atoms with van der Waals surface area (Å²) in [5.74, 6) is 0.115. The number of carbonyl (C=O) groups excluding carboxylic acids is 1. The summed E-state index contributed by atoms with van der Waals surface area (Å²) in [5.41, 5.74) is 6.86. The van der Waals surface area contributed by atoms with Crippen LogP contribution in [0.25, 0.3) is 0 Å². The molecule has 4 N–H and O–H groups in total. The minimum Gasteiger partial charge on any atom is -0.508 e. The van der Waals surface area contributed by atoms with Crippen molar-refractivity contribution in [2.45, 2.75) is 37.8 Å². The third-order valence-electron chi connectivity index (χ3n) is 3.34. The highest BCUT2D eigenvalue weighted by Crippen LogP contribution is 2.12. The van der Waals surface area contributed by atoms with Crippen LogP contribution in [0.15, 0.2) is 36.4 Å². The molecule has 0 saturated heterocycles. The van der Waals surface area contributed by atoms with E-state index in [-0.39, 0.29) is 17.7 Å². The summed E-state index contributed by atoms with van der Waals surface area (Å²) in [6.45, 7) is 0. The number of nitrogens with two attached hydrogens (primary N) is 1. The van der Waals surface area contributed by atoms with Crippen LogP contribution in [0.1, 0.15) is 24.8 Å². The summed E-state index contributed by atoms with van der Waals surface area (Å²) in [7, 11) is 0. The minimum absolute atomic E-state index is 0.103. The largest absolute Gasteiger partial charge is 0.508 e. The number of phenols is 1. The van der Waals surface area contributed by atoms with E-state index in [0.717, 1.165) is 24.8 Å². The van der Waals surface area contributed by atoms with Crippen LogP contribution in [-0.2, 0) is 11.2 Å². The van der Waals surface area contributed by atoms with E-state index in [4.69, 9.17) is 5.73 Å². The van der Waals surface area contributed by atoms with Gasteiger partial charge in [-0.15, -0.1) is 0 Å². The van der Waals surface area contributed by atoms with Crippen molar-refractivity contribution in [1.29, 1.82) is 0 Å². The second-order valence-electron chi connectivity index (χ2n) is 4.97. The Bertz CT molecular complexity index is 454. The zero-order valence-corrected chi connectivity index (χ0v) is 10.9. The molecule has 1 amide bonds. The molecule has 2 rings (SSSR count). The maximum Gasteiger partial charge on any atom is 0.237 e. The van der Waals surface area contributed by atoms with E-state index >= 15 is 0 Å². The molecule has 0 spiro atoms. The minimum atomic E-state index is -0.546. The zero-order chi connectivity index (χ0) is 13.7. The van der Waals surface area contributed by atoms with Gasteiger partial charge in [0, 0.05) is 6.04 Å². The van der Waals surface area contributed by atoms with Gasteiger partial charge in [0.15, 0.2) is 0 Å². The Balaban J connectivity index is 1.84. The maximum absolute atomic E-state index is 12.0. The molecule has 0 fully saturated rings. The lowest BCUT2D eigenvalue weighted by Gasteiger charge is -2.21. The van der Waals surface area contributed by atoms with Crippen LogP contribution in [0.2, 0.25) is 0 Å². The molecular weight excluding hydrogens is 240 g/mol. The summed E-state index contributed by atoms with van der Waals surface area (Å²) >= 11 is 0. The van der Waals surface area contributed by atoms with E-state index in [1.54, 1.807) is 24.3 Å². The average molecular weight is 260 g/mol. The lowest BCUT2D eigenvalue weighted by atomic mass is 10.0. The first-order valence-electron chi connectivity index (χ1n) is 6.64. The Labute approximate surface area is 113 Å². The summed E-state index contributed by atoms with van der Waals surface area (Å²) in [6, 6.07) is 6.44. The van der Waals surface area contributed by atoms with Crippen molar-refractivity contribution in [3.8, 4) is 5.75 Å². The third-order valence-corrected chi connectivity index (χ3v) is 3.34. The number of amides is 1. The van der Waals surface area contributed by atoms with Gasteiger partial charge in [-0.2, -0.15) is 0 Å². The van der Waals surface area contributed by atoms with Gasteiger partial charge in [0.1, 0.15) is 5.75 Å². The smallest absolute Gasteiger partial charge is 0.237 e. The molecule has 0 bridgehead atoms. The van der Waals surface area contributed by atoms with Gasteiger partial charge in [-0.3, -0.25) is 4.79 Å². The van der Waals surface area contributed by atoms with Crippen molar-refractivity contribution in [3.05, 3.63) is 42.0 Å². The Morgan fingerprint density at radius 1 is 1.37 bits per heavy atom. The fourth-order valence-electron chi connectivity index (χ4n) is 2.21. The van der Waals surface area contributed by atoms with Gasteiger partial charge in [-0.1, -0.05) is 24.3 Å². The van der Waals surface area contributed by atoms with E-state index in [9.17, 15) is 9.90 Å². The summed E-state index contributed by atoms with van der Waals surface area (Å²) < 4.78 is 0. The second-order valence-corrected chi connectivity index (χ2v) is 4.97. The van der Waals surface area contributed by atoms with E-state index in [1.807, 2.05) is 0 Å². The molecule has 1 aromatic rings. The molecular formula is C15H20N2O2. The Kier molecular flexibility index (Phi) is 4.58. The van der Waals surface area contributed by atoms with Gasteiger partial charge in [0.25, 0.3) is 0 Å². The second kappa shape index (κ2) is 6.38.